The van der Waals surface area contributed by atoms with Crippen LogP contribution in [0.25, 0.3) is 0 Å². The van der Waals surface area contributed by atoms with E-state index in [0.717, 1.165) is 36.4 Å². The third-order valence-corrected chi connectivity index (χ3v) is 14.5. The number of anilines is 1. The molecule has 1 spiro atoms. The molecule has 14 heteroatoms. The van der Waals surface area contributed by atoms with Crippen molar-refractivity contribution in [2.24, 2.45) is 11.8 Å². The minimum Gasteiger partial charge on any atom is -0.490 e. The molecule has 1 amide bonds. The molecule has 4 atom stereocenters. The number of rotatable bonds is 6. The van der Waals surface area contributed by atoms with Gasteiger partial charge in [0.1, 0.15) is 5.75 Å². The lowest BCUT2D eigenvalue weighted by Gasteiger charge is -2.45. The van der Waals surface area contributed by atoms with E-state index < -0.39 is 38.0 Å². The molecule has 2 aromatic carbocycles. The fourth-order valence-corrected chi connectivity index (χ4v) is 10.9. The van der Waals surface area contributed by atoms with Crippen molar-refractivity contribution < 1.29 is 31.5 Å². The topological polar surface area (TPSA) is 137 Å². The van der Waals surface area contributed by atoms with Gasteiger partial charge in [-0.2, -0.15) is 12.7 Å². The number of aryl methyl sites for hydroxylation is 1. The Kier molecular flexibility index (Phi) is 10.7. The minimum absolute atomic E-state index is 0.0238. The quantitative estimate of drug-likeness (QED) is 0.424. The van der Waals surface area contributed by atoms with Gasteiger partial charge in [0.15, 0.2) is 0 Å². The summed E-state index contributed by atoms with van der Waals surface area (Å²) in [5.41, 5.74) is 2.95. The number of benzene rings is 2. The van der Waals surface area contributed by atoms with Crippen molar-refractivity contribution in [1.82, 2.24) is 13.3 Å². The van der Waals surface area contributed by atoms with Gasteiger partial charge in [-0.3, -0.25) is 4.79 Å². The molecule has 49 heavy (non-hydrogen) atoms. The number of aliphatic hydroxyl groups is 1. The maximum absolute atomic E-state index is 13.7. The van der Waals surface area contributed by atoms with E-state index in [1.165, 1.54) is 15.4 Å². The molecular formula is C35H47ClN4O7S2. The van der Waals surface area contributed by atoms with E-state index in [2.05, 4.69) is 15.7 Å². The van der Waals surface area contributed by atoms with Crippen molar-refractivity contribution in [3.8, 4) is 5.75 Å². The second kappa shape index (κ2) is 14.5. The molecule has 2 N–H and O–H groups in total. The monoisotopic (exact) mass is 734 g/mol. The molecule has 2 aliphatic heterocycles. The van der Waals surface area contributed by atoms with Gasteiger partial charge in [0.2, 0.25) is 10.0 Å². The Morgan fingerprint density at radius 2 is 1.94 bits per heavy atom. The summed E-state index contributed by atoms with van der Waals surface area (Å²) in [7, 11) is -8.16. The van der Waals surface area contributed by atoms with Gasteiger partial charge in [0.05, 0.1) is 24.2 Å². The summed E-state index contributed by atoms with van der Waals surface area (Å²) in [6, 6.07) is 11.1. The molecule has 268 valence electrons. The fraction of sp³-hybridized carbons (Fsp3) is 0.571. The number of hydrogen-bond acceptors (Lipinski definition) is 8. The average molecular weight is 735 g/mol. The van der Waals surface area contributed by atoms with Gasteiger partial charge >= 0.3 is 10.2 Å². The number of sulfonamides is 1. The van der Waals surface area contributed by atoms with Crippen LogP contribution in [0, 0.1) is 11.8 Å². The summed E-state index contributed by atoms with van der Waals surface area (Å²) in [5.74, 6) is -0.407. The Morgan fingerprint density at radius 3 is 2.67 bits per heavy atom. The molecule has 2 bridgehead atoms. The smallest absolute Gasteiger partial charge is 0.304 e. The second-order valence-corrected chi connectivity index (χ2v) is 17.9. The standard InChI is InChI=1S/C35H47ClN4O7S2/c1-3-39(4-2)48(43,44)19-18-40-17-6-5-9-32(41)29-13-10-27(29)22-38-23-35(16-7-8-25-20-28(36)12-14-30(25)35)24-47-33-15-11-26(21-31(33)38)34(42)37-49(40,45)46/h5,9,11-12,14-15,20-21,27,29,32,41H,3-4,6-8,10,13,16-19,22-24H2,1-2H3,(H,37,42)/b9-5-/t27-,29+,32-,35-/m0/s1. The highest BCUT2D eigenvalue weighted by Gasteiger charge is 2.44. The van der Waals surface area contributed by atoms with Crippen LogP contribution in [0.5, 0.6) is 5.75 Å². The number of halogens is 1. The van der Waals surface area contributed by atoms with Gasteiger partial charge in [-0.1, -0.05) is 43.7 Å². The highest BCUT2D eigenvalue weighted by molar-refractivity contribution is 7.89. The van der Waals surface area contributed by atoms with Gasteiger partial charge in [0, 0.05) is 55.3 Å². The van der Waals surface area contributed by atoms with E-state index in [4.69, 9.17) is 16.3 Å². The van der Waals surface area contributed by atoms with E-state index in [0.29, 0.717) is 36.2 Å². The first-order valence-electron chi connectivity index (χ1n) is 17.3. The Bertz CT molecular complexity index is 1800. The molecule has 0 unspecified atom stereocenters. The van der Waals surface area contributed by atoms with Gasteiger partial charge in [-0.15, -0.1) is 0 Å². The van der Waals surface area contributed by atoms with Crippen LogP contribution in [0.2, 0.25) is 5.02 Å². The molecule has 2 aromatic rings. The molecule has 4 aliphatic rings. The van der Waals surface area contributed by atoms with Crippen LogP contribution in [0.15, 0.2) is 48.6 Å². The predicted molar refractivity (Wildman–Crippen MR) is 191 cm³/mol. The van der Waals surface area contributed by atoms with E-state index in [-0.39, 0.29) is 55.4 Å². The highest BCUT2D eigenvalue weighted by atomic mass is 35.5. The van der Waals surface area contributed by atoms with Gasteiger partial charge < -0.3 is 14.7 Å². The van der Waals surface area contributed by atoms with Crippen LogP contribution in [0.3, 0.4) is 0 Å². The zero-order valence-electron chi connectivity index (χ0n) is 28.2. The maximum atomic E-state index is 13.7. The summed E-state index contributed by atoms with van der Waals surface area (Å²) in [4.78, 5) is 15.9. The maximum Gasteiger partial charge on any atom is 0.304 e. The summed E-state index contributed by atoms with van der Waals surface area (Å²) in [6.07, 6.45) is 7.65. The number of ether oxygens (including phenoxy) is 1. The fourth-order valence-electron chi connectivity index (χ4n) is 7.96. The SMILES string of the molecule is CCN(CC)S(=O)(=O)CCN1CC/C=C\[C@H](O)[C@@H]2CC[C@H]2CN2C[C@@]3(CCCc4cc(Cl)ccc43)COc3ccc(cc32)C(=O)NS1(=O)=O. The summed E-state index contributed by atoms with van der Waals surface area (Å²) in [5, 5.41) is 11.9. The first kappa shape index (κ1) is 36.1. The number of carbonyl (C=O) groups is 1. The van der Waals surface area contributed by atoms with Crippen LogP contribution in [-0.2, 0) is 32.1 Å². The minimum atomic E-state index is -4.43. The third-order valence-electron chi connectivity index (χ3n) is 10.8. The number of aliphatic hydroxyl groups excluding tert-OH is 1. The lowest BCUT2D eigenvalue weighted by Crippen LogP contribution is -2.49. The number of nitrogens with zero attached hydrogens (tertiary/aromatic N) is 3. The highest BCUT2D eigenvalue weighted by Crippen LogP contribution is 2.46. The van der Waals surface area contributed by atoms with Crippen LogP contribution in [-0.4, -0.2) is 94.2 Å². The van der Waals surface area contributed by atoms with Crippen molar-refractivity contribution in [1.29, 1.82) is 0 Å². The zero-order valence-corrected chi connectivity index (χ0v) is 30.6. The summed E-state index contributed by atoms with van der Waals surface area (Å²) in [6.45, 7) is 5.32. The van der Waals surface area contributed by atoms with Gasteiger partial charge in [-0.25, -0.2) is 17.4 Å². The van der Waals surface area contributed by atoms with Crippen molar-refractivity contribution in [3.63, 3.8) is 0 Å². The zero-order chi connectivity index (χ0) is 35.0. The molecule has 6 rings (SSSR count). The van der Waals surface area contributed by atoms with E-state index in [1.54, 1.807) is 44.2 Å². The van der Waals surface area contributed by atoms with Crippen molar-refractivity contribution >= 4 is 43.4 Å². The molecule has 2 heterocycles. The Labute approximate surface area is 295 Å². The van der Waals surface area contributed by atoms with Gasteiger partial charge in [0.25, 0.3) is 5.91 Å². The molecule has 1 saturated carbocycles. The van der Waals surface area contributed by atoms with Crippen LogP contribution >= 0.6 is 11.6 Å². The first-order valence-corrected chi connectivity index (χ1v) is 20.7. The number of carbonyl (C=O) groups excluding carboxylic acids is 1. The number of nitrogens with one attached hydrogen (secondary N) is 1. The van der Waals surface area contributed by atoms with E-state index >= 15 is 0 Å². The molecule has 0 aromatic heterocycles. The molecule has 0 saturated heterocycles. The molecule has 2 aliphatic carbocycles. The molecule has 1 fully saturated rings. The average Bonchev–Trinajstić information content (AvgIpc) is 3.19. The normalized spacial score (nSPS) is 28.1. The van der Waals surface area contributed by atoms with Crippen LogP contribution in [0.1, 0.15) is 67.4 Å². The Morgan fingerprint density at radius 1 is 1.14 bits per heavy atom. The van der Waals surface area contributed by atoms with E-state index in [9.17, 15) is 26.7 Å². The Balaban J connectivity index is 1.35. The first-order chi connectivity index (χ1) is 23.4. The predicted octanol–water partition coefficient (Wildman–Crippen LogP) is 4.11. The molecular weight excluding hydrogens is 688 g/mol. The van der Waals surface area contributed by atoms with Gasteiger partial charge in [-0.05, 0) is 91.8 Å². The lowest BCUT2D eigenvalue weighted by molar-refractivity contribution is 0.0456. The second-order valence-electron chi connectivity index (χ2n) is 13.7. The van der Waals surface area contributed by atoms with Crippen molar-refractivity contribution in [2.45, 2.75) is 63.9 Å². The number of amides is 1. The Hall–Kier alpha value is -2.68. The van der Waals surface area contributed by atoms with Crippen LogP contribution < -0.4 is 14.4 Å². The third kappa shape index (κ3) is 7.52. The van der Waals surface area contributed by atoms with Crippen molar-refractivity contribution in [2.75, 3.05) is 56.5 Å². The van der Waals surface area contributed by atoms with Crippen molar-refractivity contribution in [3.05, 3.63) is 70.3 Å². The van der Waals surface area contributed by atoms with E-state index in [1.807, 2.05) is 12.1 Å². The summed E-state index contributed by atoms with van der Waals surface area (Å²) >= 11 is 6.40. The number of fused-ring (bicyclic) bond motifs is 4. The molecule has 11 nitrogen and oxygen atoms in total. The largest absolute Gasteiger partial charge is 0.490 e. The molecule has 0 radical (unpaired) electrons. The number of hydrogen-bond donors (Lipinski definition) is 2. The lowest BCUT2D eigenvalue weighted by atomic mass is 9.68. The summed E-state index contributed by atoms with van der Waals surface area (Å²) < 4.78 is 64.2. The van der Waals surface area contributed by atoms with Crippen LogP contribution in [0.4, 0.5) is 5.69 Å².